The van der Waals surface area contributed by atoms with Crippen LogP contribution in [0, 0.1) is 43.9 Å². The van der Waals surface area contributed by atoms with E-state index in [0.717, 1.165) is 46.1 Å². The number of hydrogen-bond donors (Lipinski definition) is 0. The molecule has 5 nitrogen and oxygen atoms in total. The molecule has 1 spiro atoms. The van der Waals surface area contributed by atoms with Crippen molar-refractivity contribution in [2.75, 3.05) is 25.1 Å². The minimum Gasteiger partial charge on any atom is -0.488 e. The summed E-state index contributed by atoms with van der Waals surface area (Å²) in [7, 11) is 1.51. The van der Waals surface area contributed by atoms with Crippen LogP contribution in [-0.4, -0.2) is 31.2 Å². The topological polar surface area (TPSA) is 51.7 Å². The van der Waals surface area contributed by atoms with Gasteiger partial charge in [-0.05, 0) is 85.4 Å². The fourth-order valence-corrected chi connectivity index (χ4v) is 7.99. The van der Waals surface area contributed by atoms with E-state index in [4.69, 9.17) is 14.5 Å². The molecule has 0 radical (unpaired) electrons. The summed E-state index contributed by atoms with van der Waals surface area (Å²) >= 11 is 5.26. The lowest BCUT2D eigenvalue weighted by Crippen LogP contribution is -2.43. The molecule has 1 saturated heterocycles. The minimum absolute atomic E-state index is 0.0346. The SMILES string of the molecule is COC(=O)C1C2CN(c3nc(-c4cc(C)ccc4OCc4c(C)cc(Br)cc4C)cs3)CC23CC13. The number of thiazole rings is 1. The summed E-state index contributed by atoms with van der Waals surface area (Å²) in [6.07, 6.45) is 1.15. The summed E-state index contributed by atoms with van der Waals surface area (Å²) in [5.41, 5.74) is 7.12. The van der Waals surface area contributed by atoms with Crippen molar-refractivity contribution in [3.63, 3.8) is 0 Å². The number of hydrogen-bond acceptors (Lipinski definition) is 6. The van der Waals surface area contributed by atoms with Crippen LogP contribution in [0.5, 0.6) is 5.75 Å². The predicted octanol–water partition coefficient (Wildman–Crippen LogP) is 6.32. The van der Waals surface area contributed by atoms with Gasteiger partial charge in [0.25, 0.3) is 0 Å². The van der Waals surface area contributed by atoms with Crippen molar-refractivity contribution in [2.45, 2.75) is 33.8 Å². The van der Waals surface area contributed by atoms with E-state index in [-0.39, 0.29) is 11.9 Å². The van der Waals surface area contributed by atoms with Crippen molar-refractivity contribution < 1.29 is 14.3 Å². The molecule has 7 heteroatoms. The van der Waals surface area contributed by atoms with Crippen LogP contribution >= 0.6 is 27.3 Å². The second-order valence-electron chi connectivity index (χ2n) is 10.4. The number of benzene rings is 2. The smallest absolute Gasteiger partial charge is 0.309 e. The highest BCUT2D eigenvalue weighted by molar-refractivity contribution is 9.10. The molecular weight excluding hydrogens is 524 g/mol. The van der Waals surface area contributed by atoms with E-state index in [0.29, 0.717) is 23.9 Å². The van der Waals surface area contributed by atoms with Crippen molar-refractivity contribution >= 4 is 38.4 Å². The fourth-order valence-electron chi connectivity index (χ4n) is 6.46. The van der Waals surface area contributed by atoms with Crippen LogP contribution in [0.1, 0.15) is 28.7 Å². The lowest BCUT2D eigenvalue weighted by molar-refractivity contribution is -0.153. The van der Waals surface area contributed by atoms with Gasteiger partial charge in [0.2, 0.25) is 0 Å². The largest absolute Gasteiger partial charge is 0.488 e. The van der Waals surface area contributed by atoms with Crippen molar-refractivity contribution in [3.8, 4) is 17.0 Å². The summed E-state index contributed by atoms with van der Waals surface area (Å²) in [6.45, 7) is 8.75. The number of anilines is 1. The molecule has 2 aliphatic carbocycles. The zero-order valence-electron chi connectivity index (χ0n) is 20.4. The van der Waals surface area contributed by atoms with Gasteiger partial charge in [-0.25, -0.2) is 4.98 Å². The number of ether oxygens (including phenoxy) is 2. The number of methoxy groups -OCH3 is 1. The number of aryl methyl sites for hydroxylation is 3. The molecule has 6 rings (SSSR count). The average molecular weight is 554 g/mol. The first-order chi connectivity index (χ1) is 16.8. The number of carbonyl (C=O) groups excluding carboxylic acids is 1. The standard InChI is InChI=1S/C28H29BrN2O3S/c1-15-5-6-24(34-12-20-16(2)8-18(29)9-17(20)3)19(7-15)23-13-35-27(30-23)31-11-22-25(26(32)33-4)21-10-28(21,22)14-31/h5-9,13,21-22,25H,10-12,14H2,1-4H3. The highest BCUT2D eigenvalue weighted by Gasteiger charge is 2.78. The van der Waals surface area contributed by atoms with Gasteiger partial charge in [-0.2, -0.15) is 0 Å². The van der Waals surface area contributed by atoms with Crippen LogP contribution in [0.4, 0.5) is 5.13 Å². The molecule has 3 aliphatic rings. The number of halogens is 1. The molecule has 1 aromatic heterocycles. The molecule has 2 aromatic carbocycles. The van der Waals surface area contributed by atoms with Crippen LogP contribution in [0.15, 0.2) is 40.2 Å². The van der Waals surface area contributed by atoms with E-state index >= 15 is 0 Å². The van der Waals surface area contributed by atoms with Crippen LogP contribution in [0.2, 0.25) is 0 Å². The van der Waals surface area contributed by atoms with Gasteiger partial charge in [-0.1, -0.05) is 27.6 Å². The van der Waals surface area contributed by atoms with Gasteiger partial charge in [0.05, 0.1) is 18.7 Å². The molecular formula is C28H29BrN2O3S. The van der Waals surface area contributed by atoms with Gasteiger partial charge in [0.1, 0.15) is 12.4 Å². The quantitative estimate of drug-likeness (QED) is 0.335. The van der Waals surface area contributed by atoms with Gasteiger partial charge in [-0.3, -0.25) is 4.79 Å². The lowest BCUT2D eigenvalue weighted by Gasteiger charge is -2.36. The Labute approximate surface area is 218 Å². The Bertz CT molecular complexity index is 1310. The highest BCUT2D eigenvalue weighted by atomic mass is 79.9. The summed E-state index contributed by atoms with van der Waals surface area (Å²) < 4.78 is 12.5. The molecule has 35 heavy (non-hydrogen) atoms. The normalized spacial score (nSPS) is 26.1. The summed E-state index contributed by atoms with van der Waals surface area (Å²) in [5.74, 6) is 1.80. The zero-order chi connectivity index (χ0) is 24.5. The number of nitrogens with zero attached hydrogens (tertiary/aromatic N) is 2. The Morgan fingerprint density at radius 1 is 1.20 bits per heavy atom. The van der Waals surface area contributed by atoms with Crippen LogP contribution in [-0.2, 0) is 16.1 Å². The Balaban J connectivity index is 1.22. The van der Waals surface area contributed by atoms with Gasteiger partial charge >= 0.3 is 5.97 Å². The maximum Gasteiger partial charge on any atom is 0.309 e. The van der Waals surface area contributed by atoms with E-state index < -0.39 is 0 Å². The maximum absolute atomic E-state index is 12.2. The lowest BCUT2D eigenvalue weighted by atomic mass is 9.66. The summed E-state index contributed by atoms with van der Waals surface area (Å²) in [6, 6.07) is 10.6. The summed E-state index contributed by atoms with van der Waals surface area (Å²) in [4.78, 5) is 19.7. The van der Waals surface area contributed by atoms with E-state index in [2.05, 4.69) is 77.3 Å². The number of aromatic nitrogens is 1. The van der Waals surface area contributed by atoms with Gasteiger partial charge in [0, 0.05) is 28.5 Å². The second-order valence-corrected chi connectivity index (χ2v) is 12.2. The van der Waals surface area contributed by atoms with Crippen LogP contribution in [0.25, 0.3) is 11.3 Å². The van der Waals surface area contributed by atoms with E-state index in [1.54, 1.807) is 11.3 Å². The van der Waals surface area contributed by atoms with Gasteiger partial charge in [0.15, 0.2) is 5.13 Å². The van der Waals surface area contributed by atoms with Crippen molar-refractivity contribution in [1.82, 2.24) is 4.98 Å². The van der Waals surface area contributed by atoms with Crippen LogP contribution < -0.4 is 9.64 Å². The number of rotatable bonds is 6. The third-order valence-electron chi connectivity index (χ3n) is 8.37. The molecule has 3 fully saturated rings. The average Bonchev–Trinajstić information content (AvgIpc) is 3.10. The molecule has 0 bridgehead atoms. The Kier molecular flexibility index (Phi) is 5.49. The first-order valence-electron chi connectivity index (χ1n) is 12.1. The minimum atomic E-state index is -0.0346. The number of carbonyl (C=O) groups is 1. The third kappa shape index (κ3) is 3.70. The van der Waals surface area contributed by atoms with E-state index in [1.165, 1.54) is 29.4 Å². The van der Waals surface area contributed by atoms with Crippen molar-refractivity contribution in [3.05, 3.63) is 62.4 Å². The van der Waals surface area contributed by atoms with Gasteiger partial charge in [-0.15, -0.1) is 11.3 Å². The Hall–Kier alpha value is -2.38. The molecule has 2 heterocycles. The van der Waals surface area contributed by atoms with Crippen molar-refractivity contribution in [1.29, 1.82) is 0 Å². The maximum atomic E-state index is 12.2. The predicted molar refractivity (Wildman–Crippen MR) is 142 cm³/mol. The number of esters is 1. The molecule has 0 amide bonds. The third-order valence-corrected chi connectivity index (χ3v) is 9.73. The molecule has 3 aromatic rings. The molecule has 4 atom stereocenters. The molecule has 0 N–H and O–H groups in total. The molecule has 182 valence electrons. The van der Waals surface area contributed by atoms with Crippen LogP contribution in [0.3, 0.4) is 0 Å². The first-order valence-corrected chi connectivity index (χ1v) is 13.8. The molecule has 4 unspecified atom stereocenters. The molecule has 1 aliphatic heterocycles. The van der Waals surface area contributed by atoms with E-state index in [1.807, 2.05) is 0 Å². The second kappa shape index (κ2) is 8.34. The summed E-state index contributed by atoms with van der Waals surface area (Å²) in [5, 5.41) is 3.16. The Morgan fingerprint density at radius 2 is 1.97 bits per heavy atom. The first kappa shape index (κ1) is 23.0. The van der Waals surface area contributed by atoms with Crippen molar-refractivity contribution in [2.24, 2.45) is 23.2 Å². The van der Waals surface area contributed by atoms with E-state index in [9.17, 15) is 4.79 Å². The van der Waals surface area contributed by atoms with Gasteiger partial charge < -0.3 is 14.4 Å². The monoisotopic (exact) mass is 552 g/mol. The Morgan fingerprint density at radius 3 is 2.71 bits per heavy atom. The zero-order valence-corrected chi connectivity index (χ0v) is 22.8. The fraction of sp³-hybridized carbons (Fsp3) is 0.429. The highest BCUT2D eigenvalue weighted by Crippen LogP contribution is 2.77. The molecule has 2 saturated carbocycles.